The number of fused-ring (bicyclic) bond motifs is 1. The van der Waals surface area contributed by atoms with Gasteiger partial charge in [-0.25, -0.2) is 9.59 Å². The van der Waals surface area contributed by atoms with Crippen LogP contribution in [0.3, 0.4) is 0 Å². The summed E-state index contributed by atoms with van der Waals surface area (Å²) in [6.45, 7) is 1.84. The van der Waals surface area contributed by atoms with E-state index in [1.54, 1.807) is 43.5 Å². The van der Waals surface area contributed by atoms with Crippen LogP contribution in [0.4, 0.5) is 5.69 Å². The molecule has 0 fully saturated rings. The molecule has 0 aliphatic heterocycles. The summed E-state index contributed by atoms with van der Waals surface area (Å²) in [5.74, 6) is -0.0890. The molecule has 1 N–H and O–H groups in total. The Kier molecular flexibility index (Phi) is 5.97. The number of esters is 1. The molecule has 0 atom stereocenters. The van der Waals surface area contributed by atoms with Crippen molar-refractivity contribution in [2.45, 2.75) is 19.8 Å². The Hall–Kier alpha value is -3.61. The zero-order valence-electron chi connectivity index (χ0n) is 16.4. The van der Waals surface area contributed by atoms with Gasteiger partial charge in [0.2, 0.25) is 5.91 Å². The Balaban J connectivity index is 1.70. The number of methoxy groups -OCH3 is 2. The number of carbonyl (C=O) groups excluding carboxylic acids is 2. The van der Waals surface area contributed by atoms with Gasteiger partial charge in [0.15, 0.2) is 0 Å². The number of nitrogens with one attached hydrogen (secondary N) is 1. The van der Waals surface area contributed by atoms with E-state index in [1.165, 1.54) is 7.11 Å². The Morgan fingerprint density at radius 2 is 1.79 bits per heavy atom. The summed E-state index contributed by atoms with van der Waals surface area (Å²) in [4.78, 5) is 36.1. The summed E-state index contributed by atoms with van der Waals surface area (Å²) in [6, 6.07) is 11.7. The molecule has 1 amide bonds. The third-order valence-electron chi connectivity index (χ3n) is 4.69. The van der Waals surface area contributed by atoms with Crippen molar-refractivity contribution in [3.63, 3.8) is 0 Å². The summed E-state index contributed by atoms with van der Waals surface area (Å²) >= 11 is 0. The molecular formula is C22H21NO6. The summed E-state index contributed by atoms with van der Waals surface area (Å²) in [6.07, 6.45) is 0.369. The van der Waals surface area contributed by atoms with Crippen LogP contribution in [-0.2, 0) is 16.0 Å². The van der Waals surface area contributed by atoms with Crippen LogP contribution in [0.15, 0.2) is 51.7 Å². The quantitative estimate of drug-likeness (QED) is 0.507. The third kappa shape index (κ3) is 4.45. The second-order valence-corrected chi connectivity index (χ2v) is 6.47. The summed E-state index contributed by atoms with van der Waals surface area (Å²) in [7, 11) is 2.85. The van der Waals surface area contributed by atoms with E-state index in [4.69, 9.17) is 9.15 Å². The van der Waals surface area contributed by atoms with Crippen LogP contribution < -0.4 is 15.7 Å². The Morgan fingerprint density at radius 1 is 1.07 bits per heavy atom. The van der Waals surface area contributed by atoms with Gasteiger partial charge in [0.05, 0.1) is 19.8 Å². The fourth-order valence-electron chi connectivity index (χ4n) is 3.06. The molecule has 0 saturated carbocycles. The lowest BCUT2D eigenvalue weighted by molar-refractivity contribution is -0.116. The highest BCUT2D eigenvalue weighted by atomic mass is 16.5. The van der Waals surface area contributed by atoms with Crippen molar-refractivity contribution in [3.05, 3.63) is 69.6 Å². The summed E-state index contributed by atoms with van der Waals surface area (Å²) < 4.78 is 15.2. The highest BCUT2D eigenvalue weighted by molar-refractivity contribution is 5.93. The van der Waals surface area contributed by atoms with E-state index < -0.39 is 11.6 Å². The smallest absolute Gasteiger partial charge is 0.339 e. The van der Waals surface area contributed by atoms with Crippen LogP contribution in [0.5, 0.6) is 5.75 Å². The van der Waals surface area contributed by atoms with Crippen molar-refractivity contribution in [1.82, 2.24) is 0 Å². The zero-order chi connectivity index (χ0) is 21.0. The van der Waals surface area contributed by atoms with E-state index in [-0.39, 0.29) is 18.7 Å². The van der Waals surface area contributed by atoms with Crippen LogP contribution in [0.25, 0.3) is 11.0 Å². The van der Waals surface area contributed by atoms with Gasteiger partial charge in [-0.15, -0.1) is 0 Å². The van der Waals surface area contributed by atoms with Gasteiger partial charge < -0.3 is 19.2 Å². The average molecular weight is 395 g/mol. The maximum absolute atomic E-state index is 12.4. The highest BCUT2D eigenvalue weighted by Gasteiger charge is 2.14. The van der Waals surface area contributed by atoms with Gasteiger partial charge in [0.25, 0.3) is 0 Å². The lowest BCUT2D eigenvalue weighted by Gasteiger charge is -2.09. The molecule has 3 aromatic rings. The molecule has 0 aliphatic rings. The van der Waals surface area contributed by atoms with Crippen LogP contribution in [0.2, 0.25) is 0 Å². The van der Waals surface area contributed by atoms with Crippen molar-refractivity contribution in [1.29, 1.82) is 0 Å². The minimum Gasteiger partial charge on any atom is -0.497 e. The molecule has 150 valence electrons. The van der Waals surface area contributed by atoms with Crippen LogP contribution in [0, 0.1) is 6.92 Å². The Labute approximate surface area is 167 Å². The van der Waals surface area contributed by atoms with E-state index in [0.29, 0.717) is 28.1 Å². The van der Waals surface area contributed by atoms with E-state index in [2.05, 4.69) is 10.1 Å². The molecule has 0 saturated heterocycles. The lowest BCUT2D eigenvalue weighted by Crippen LogP contribution is -2.16. The van der Waals surface area contributed by atoms with E-state index in [9.17, 15) is 14.4 Å². The van der Waals surface area contributed by atoms with Crippen molar-refractivity contribution >= 4 is 28.5 Å². The molecular weight excluding hydrogens is 374 g/mol. The van der Waals surface area contributed by atoms with E-state index in [0.717, 1.165) is 10.9 Å². The predicted octanol–water partition coefficient (Wildman–Crippen LogP) is 3.47. The molecule has 0 unspecified atom stereocenters. The molecule has 1 aromatic heterocycles. The largest absolute Gasteiger partial charge is 0.497 e. The lowest BCUT2D eigenvalue weighted by atomic mass is 10.0. The fourth-order valence-corrected chi connectivity index (χ4v) is 3.06. The number of hydrogen-bond acceptors (Lipinski definition) is 6. The van der Waals surface area contributed by atoms with E-state index in [1.807, 2.05) is 13.0 Å². The minimum atomic E-state index is -0.460. The monoisotopic (exact) mass is 395 g/mol. The number of benzene rings is 2. The van der Waals surface area contributed by atoms with Crippen molar-refractivity contribution in [2.24, 2.45) is 0 Å². The highest BCUT2D eigenvalue weighted by Crippen LogP contribution is 2.24. The Morgan fingerprint density at radius 3 is 2.45 bits per heavy atom. The first-order valence-corrected chi connectivity index (χ1v) is 9.01. The van der Waals surface area contributed by atoms with E-state index >= 15 is 0 Å². The molecule has 7 heteroatoms. The first-order chi connectivity index (χ1) is 13.9. The summed E-state index contributed by atoms with van der Waals surface area (Å²) in [5, 5.41) is 3.55. The number of rotatable bonds is 6. The van der Waals surface area contributed by atoms with Gasteiger partial charge >= 0.3 is 11.6 Å². The molecule has 29 heavy (non-hydrogen) atoms. The molecule has 2 aromatic carbocycles. The minimum absolute atomic E-state index is 0.117. The molecule has 0 bridgehead atoms. The van der Waals surface area contributed by atoms with Gasteiger partial charge in [0, 0.05) is 29.1 Å². The van der Waals surface area contributed by atoms with Crippen molar-refractivity contribution in [2.75, 3.05) is 19.5 Å². The number of hydrogen-bond donors (Lipinski definition) is 1. The molecule has 1 heterocycles. The van der Waals surface area contributed by atoms with Gasteiger partial charge in [0.1, 0.15) is 11.3 Å². The first-order valence-electron chi connectivity index (χ1n) is 9.01. The van der Waals surface area contributed by atoms with Crippen molar-refractivity contribution < 1.29 is 23.5 Å². The van der Waals surface area contributed by atoms with Crippen LogP contribution >= 0.6 is 0 Å². The maximum atomic E-state index is 12.4. The van der Waals surface area contributed by atoms with Gasteiger partial charge in [-0.05, 0) is 55.3 Å². The van der Waals surface area contributed by atoms with Crippen molar-refractivity contribution in [3.8, 4) is 5.75 Å². The number of carbonyl (C=O) groups is 2. The molecule has 0 spiro atoms. The average Bonchev–Trinajstić information content (AvgIpc) is 2.73. The van der Waals surface area contributed by atoms with Gasteiger partial charge in [-0.2, -0.15) is 0 Å². The van der Waals surface area contributed by atoms with Gasteiger partial charge in [-0.1, -0.05) is 0 Å². The second-order valence-electron chi connectivity index (χ2n) is 6.47. The normalized spacial score (nSPS) is 10.6. The maximum Gasteiger partial charge on any atom is 0.339 e. The molecule has 0 aliphatic carbocycles. The topological polar surface area (TPSA) is 94.8 Å². The van der Waals surface area contributed by atoms with Crippen LogP contribution in [-0.4, -0.2) is 26.1 Å². The second kappa shape index (κ2) is 8.60. The predicted molar refractivity (Wildman–Crippen MR) is 109 cm³/mol. The SMILES string of the molecule is COC(=O)c1ccc(NC(=O)CCc2c(C)c3ccc(OC)cc3oc2=O)cc1. The molecule has 7 nitrogen and oxygen atoms in total. The number of aryl methyl sites for hydroxylation is 1. The first kappa shape index (κ1) is 20.1. The Bertz CT molecular complexity index is 1110. The summed E-state index contributed by atoms with van der Waals surface area (Å²) in [5.41, 5.74) is 2.20. The van der Waals surface area contributed by atoms with Crippen LogP contribution in [0.1, 0.15) is 27.9 Å². The number of anilines is 1. The molecule has 3 rings (SSSR count). The zero-order valence-corrected chi connectivity index (χ0v) is 16.4. The third-order valence-corrected chi connectivity index (χ3v) is 4.69. The number of amides is 1. The number of ether oxygens (including phenoxy) is 2. The standard InChI is InChI=1S/C22H21NO6/c1-13-17-9-8-16(27-2)12-19(17)29-22(26)18(13)10-11-20(24)23-15-6-4-14(5-7-15)21(25)28-3/h4-9,12H,10-11H2,1-3H3,(H,23,24). The molecule has 0 radical (unpaired) electrons. The van der Waals surface area contributed by atoms with Gasteiger partial charge in [-0.3, -0.25) is 4.79 Å². The fraction of sp³-hybridized carbons (Fsp3) is 0.227.